The fourth-order valence-electron chi connectivity index (χ4n) is 3.33. The number of nitrogens with one attached hydrogen (secondary N) is 2. The number of carbonyl (C=O) groups is 2. The second kappa shape index (κ2) is 8.08. The zero-order chi connectivity index (χ0) is 17.6. The molecule has 2 N–H and O–H groups in total. The molecule has 0 aliphatic heterocycles. The molecule has 1 fully saturated rings. The van der Waals surface area contributed by atoms with Crippen LogP contribution in [0.4, 0.5) is 5.69 Å². The van der Waals surface area contributed by atoms with Gasteiger partial charge in [-0.25, -0.2) is 0 Å². The van der Waals surface area contributed by atoms with Gasteiger partial charge in [-0.2, -0.15) is 0 Å². The zero-order valence-electron chi connectivity index (χ0n) is 14.5. The Balaban J connectivity index is 1.78. The third kappa shape index (κ3) is 4.54. The van der Waals surface area contributed by atoms with E-state index in [1.165, 1.54) is 19.8 Å². The number of benzene rings is 2. The largest absolute Gasteiger partial charge is 0.324 e. The van der Waals surface area contributed by atoms with Crippen LogP contribution in [0, 0.1) is 0 Å². The monoisotopic (exact) mass is 336 g/mol. The summed E-state index contributed by atoms with van der Waals surface area (Å²) >= 11 is 0. The van der Waals surface area contributed by atoms with Gasteiger partial charge in [0.15, 0.2) is 5.78 Å². The highest BCUT2D eigenvalue weighted by molar-refractivity contribution is 5.98. The Kier molecular flexibility index (Phi) is 5.61. The van der Waals surface area contributed by atoms with Crippen molar-refractivity contribution in [3.05, 3.63) is 65.7 Å². The minimum Gasteiger partial charge on any atom is -0.324 e. The minimum atomic E-state index is -0.398. The summed E-state index contributed by atoms with van der Waals surface area (Å²) in [5, 5.41) is 6.47. The van der Waals surface area contributed by atoms with Crippen molar-refractivity contribution in [1.29, 1.82) is 0 Å². The van der Waals surface area contributed by atoms with Crippen LogP contribution in [0.2, 0.25) is 0 Å². The lowest BCUT2D eigenvalue weighted by atomic mass is 10.0. The number of hydrogen-bond donors (Lipinski definition) is 2. The van der Waals surface area contributed by atoms with Gasteiger partial charge in [0, 0.05) is 17.3 Å². The third-order valence-corrected chi connectivity index (χ3v) is 4.69. The molecule has 1 atom stereocenters. The highest BCUT2D eigenvalue weighted by atomic mass is 16.2. The number of carbonyl (C=O) groups excluding carboxylic acids is 2. The summed E-state index contributed by atoms with van der Waals surface area (Å²) in [5.74, 6) is -0.112. The number of anilines is 1. The Labute approximate surface area is 148 Å². The van der Waals surface area contributed by atoms with Crippen molar-refractivity contribution >= 4 is 17.4 Å². The van der Waals surface area contributed by atoms with E-state index in [0.717, 1.165) is 18.4 Å². The van der Waals surface area contributed by atoms with Crippen molar-refractivity contribution < 1.29 is 9.59 Å². The Morgan fingerprint density at radius 1 is 1.00 bits per heavy atom. The van der Waals surface area contributed by atoms with E-state index in [2.05, 4.69) is 10.6 Å². The van der Waals surface area contributed by atoms with Crippen LogP contribution >= 0.6 is 0 Å². The lowest BCUT2D eigenvalue weighted by molar-refractivity contribution is -0.118. The molecule has 0 radical (unpaired) electrons. The normalized spacial score (nSPS) is 15.7. The van der Waals surface area contributed by atoms with Gasteiger partial charge in [-0.15, -0.1) is 0 Å². The lowest BCUT2D eigenvalue weighted by Crippen LogP contribution is -2.38. The third-order valence-electron chi connectivity index (χ3n) is 4.69. The molecule has 2 aromatic carbocycles. The molecule has 4 nitrogen and oxygen atoms in total. The van der Waals surface area contributed by atoms with E-state index >= 15 is 0 Å². The Bertz CT molecular complexity index is 737. The van der Waals surface area contributed by atoms with Crippen LogP contribution in [0.1, 0.15) is 54.6 Å². The molecule has 25 heavy (non-hydrogen) atoms. The van der Waals surface area contributed by atoms with Gasteiger partial charge in [0.1, 0.15) is 6.04 Å². The molecule has 1 aliphatic rings. The lowest BCUT2D eigenvalue weighted by Gasteiger charge is -2.23. The number of ketones is 1. The Morgan fingerprint density at radius 2 is 1.72 bits per heavy atom. The van der Waals surface area contributed by atoms with Crippen molar-refractivity contribution in [3.8, 4) is 0 Å². The van der Waals surface area contributed by atoms with Crippen LogP contribution in [-0.2, 0) is 4.79 Å². The first-order valence-electron chi connectivity index (χ1n) is 8.86. The van der Waals surface area contributed by atoms with Gasteiger partial charge in [-0.05, 0) is 37.5 Å². The molecule has 1 saturated carbocycles. The molecular weight excluding hydrogens is 312 g/mol. The quantitative estimate of drug-likeness (QED) is 0.781. The molecule has 0 heterocycles. The fourth-order valence-corrected chi connectivity index (χ4v) is 3.33. The smallest absolute Gasteiger partial charge is 0.246 e. The molecule has 4 heteroatoms. The van der Waals surface area contributed by atoms with Gasteiger partial charge in [-0.1, -0.05) is 55.3 Å². The second-order valence-corrected chi connectivity index (χ2v) is 6.62. The van der Waals surface area contributed by atoms with E-state index in [1.54, 1.807) is 18.2 Å². The van der Waals surface area contributed by atoms with Crippen LogP contribution in [-0.4, -0.2) is 17.7 Å². The maximum atomic E-state index is 12.9. The summed E-state index contributed by atoms with van der Waals surface area (Å²) in [6.07, 6.45) is 4.63. The average Bonchev–Trinajstić information content (AvgIpc) is 3.14. The van der Waals surface area contributed by atoms with Crippen molar-refractivity contribution in [2.75, 3.05) is 5.32 Å². The summed E-state index contributed by atoms with van der Waals surface area (Å²) in [6.45, 7) is 1.52. The summed E-state index contributed by atoms with van der Waals surface area (Å²) in [6, 6.07) is 16.8. The molecule has 130 valence electrons. The molecule has 1 aliphatic carbocycles. The van der Waals surface area contributed by atoms with Gasteiger partial charge in [0.2, 0.25) is 5.91 Å². The predicted octanol–water partition coefficient (Wildman–Crippen LogP) is 4.10. The Morgan fingerprint density at radius 3 is 2.40 bits per heavy atom. The van der Waals surface area contributed by atoms with E-state index < -0.39 is 6.04 Å². The number of rotatable bonds is 6. The molecule has 0 bridgehead atoms. The SMILES string of the molecule is CC(=O)c1cccc(NC(=O)C(NC2CCCC2)c2ccccc2)c1. The molecule has 0 saturated heterocycles. The van der Waals surface area contributed by atoms with E-state index in [-0.39, 0.29) is 11.7 Å². The molecule has 0 aromatic heterocycles. The standard InChI is InChI=1S/C21H24N2O2/c1-15(24)17-10-7-13-19(14-17)23-21(25)20(16-8-3-2-4-9-16)22-18-11-5-6-12-18/h2-4,7-10,13-14,18,20,22H,5-6,11-12H2,1H3,(H,23,25). The molecule has 1 unspecified atom stereocenters. The maximum absolute atomic E-state index is 12.9. The average molecular weight is 336 g/mol. The summed E-state index contributed by atoms with van der Waals surface area (Å²) < 4.78 is 0. The first-order valence-corrected chi connectivity index (χ1v) is 8.86. The zero-order valence-corrected chi connectivity index (χ0v) is 14.5. The van der Waals surface area contributed by atoms with Crippen LogP contribution in [0.25, 0.3) is 0 Å². The Hall–Kier alpha value is -2.46. The predicted molar refractivity (Wildman–Crippen MR) is 99.7 cm³/mol. The van der Waals surface area contributed by atoms with Gasteiger partial charge < -0.3 is 5.32 Å². The fraction of sp³-hybridized carbons (Fsp3) is 0.333. The number of hydrogen-bond acceptors (Lipinski definition) is 3. The molecule has 1 amide bonds. The van der Waals surface area contributed by atoms with Gasteiger partial charge in [0.25, 0.3) is 0 Å². The van der Waals surface area contributed by atoms with Gasteiger partial charge in [-0.3, -0.25) is 14.9 Å². The second-order valence-electron chi connectivity index (χ2n) is 6.62. The molecular formula is C21H24N2O2. The van der Waals surface area contributed by atoms with Crippen LogP contribution in [0.3, 0.4) is 0 Å². The maximum Gasteiger partial charge on any atom is 0.246 e. The minimum absolute atomic E-state index is 0.0141. The highest BCUT2D eigenvalue weighted by Crippen LogP contribution is 2.23. The van der Waals surface area contributed by atoms with E-state index in [0.29, 0.717) is 17.3 Å². The highest BCUT2D eigenvalue weighted by Gasteiger charge is 2.25. The van der Waals surface area contributed by atoms with Crippen LogP contribution in [0.15, 0.2) is 54.6 Å². The van der Waals surface area contributed by atoms with E-state index in [9.17, 15) is 9.59 Å². The van der Waals surface area contributed by atoms with Crippen molar-refractivity contribution in [2.24, 2.45) is 0 Å². The summed E-state index contributed by atoms with van der Waals surface area (Å²) in [4.78, 5) is 24.5. The first-order chi connectivity index (χ1) is 12.1. The van der Waals surface area contributed by atoms with Crippen LogP contribution < -0.4 is 10.6 Å². The summed E-state index contributed by atoms with van der Waals surface area (Å²) in [5.41, 5.74) is 2.19. The van der Waals surface area contributed by atoms with Crippen LogP contribution in [0.5, 0.6) is 0 Å². The molecule has 0 spiro atoms. The van der Waals surface area contributed by atoms with E-state index in [1.807, 2.05) is 36.4 Å². The summed E-state index contributed by atoms with van der Waals surface area (Å²) in [7, 11) is 0. The van der Waals surface area contributed by atoms with Gasteiger partial charge >= 0.3 is 0 Å². The van der Waals surface area contributed by atoms with Crippen molar-refractivity contribution in [1.82, 2.24) is 5.32 Å². The van der Waals surface area contributed by atoms with Gasteiger partial charge in [0.05, 0.1) is 0 Å². The molecule has 2 aromatic rings. The van der Waals surface area contributed by atoms with Crippen molar-refractivity contribution in [3.63, 3.8) is 0 Å². The first kappa shape index (κ1) is 17.4. The van der Waals surface area contributed by atoms with Crippen molar-refractivity contribution in [2.45, 2.75) is 44.7 Å². The number of amides is 1. The number of Topliss-reactive ketones (excluding diaryl/α,β-unsaturated/α-hetero) is 1. The topological polar surface area (TPSA) is 58.2 Å². The molecule has 3 rings (SSSR count). The van der Waals surface area contributed by atoms with E-state index in [4.69, 9.17) is 0 Å².